The van der Waals surface area contributed by atoms with E-state index in [0.29, 0.717) is 12.4 Å². The highest BCUT2D eigenvalue weighted by atomic mass is 15.6. The zero-order valence-electron chi connectivity index (χ0n) is 8.27. The summed E-state index contributed by atoms with van der Waals surface area (Å²) in [5, 5.41) is 5.94. The van der Waals surface area contributed by atoms with Crippen LogP contribution in [0, 0.1) is 0 Å². The van der Waals surface area contributed by atoms with Crippen LogP contribution < -0.4 is 11.5 Å². The molecule has 0 spiro atoms. The molecule has 2 heterocycles. The molecule has 4 N–H and O–H groups in total. The molecule has 2 aliphatic rings. The molecular weight excluding hydrogens is 178 g/mol. The number of nitrogens with two attached hydrogens (primary N) is 2. The Morgan fingerprint density at radius 3 is 3.07 bits per heavy atom. The van der Waals surface area contributed by atoms with Crippen molar-refractivity contribution in [1.82, 2.24) is 5.01 Å². The lowest BCUT2D eigenvalue weighted by molar-refractivity contribution is 0.199. The zero-order chi connectivity index (χ0) is 10.2. The Morgan fingerprint density at radius 1 is 1.57 bits per heavy atom. The number of rotatable bonds is 2. The van der Waals surface area contributed by atoms with Gasteiger partial charge in [0.15, 0.2) is 0 Å². The van der Waals surface area contributed by atoms with E-state index in [2.05, 4.69) is 17.0 Å². The fraction of sp³-hybridized carbons (Fsp3) is 0.556. The molecule has 5 nitrogen and oxygen atoms in total. The van der Waals surface area contributed by atoms with Crippen molar-refractivity contribution >= 4 is 11.7 Å². The van der Waals surface area contributed by atoms with Gasteiger partial charge in [-0.3, -0.25) is 4.99 Å². The summed E-state index contributed by atoms with van der Waals surface area (Å²) in [5.41, 5.74) is 11.3. The van der Waals surface area contributed by atoms with Crippen molar-refractivity contribution < 1.29 is 0 Å². The van der Waals surface area contributed by atoms with Gasteiger partial charge >= 0.3 is 0 Å². The number of nitrogens with zero attached hydrogens (tertiary/aromatic N) is 3. The van der Waals surface area contributed by atoms with Crippen LogP contribution in [0.2, 0.25) is 0 Å². The SMILES string of the molecule is CCCC1(N)CN=C2C=CC(N)=NN21. The molecule has 0 aromatic heterocycles. The first kappa shape index (κ1) is 9.21. The van der Waals surface area contributed by atoms with Gasteiger partial charge in [0, 0.05) is 0 Å². The van der Waals surface area contributed by atoms with Crippen LogP contribution in [0.15, 0.2) is 22.2 Å². The second-order valence-electron chi connectivity index (χ2n) is 3.70. The van der Waals surface area contributed by atoms with E-state index in [1.54, 1.807) is 11.1 Å². The molecule has 0 fully saturated rings. The lowest BCUT2D eigenvalue weighted by Gasteiger charge is -2.33. The van der Waals surface area contributed by atoms with Crippen LogP contribution in [0.4, 0.5) is 0 Å². The van der Waals surface area contributed by atoms with Crippen LogP contribution in [0.25, 0.3) is 0 Å². The first-order valence-electron chi connectivity index (χ1n) is 4.81. The number of aliphatic imine (C=N–C) groups is 1. The zero-order valence-corrected chi connectivity index (χ0v) is 8.27. The summed E-state index contributed by atoms with van der Waals surface area (Å²) in [4.78, 5) is 4.33. The van der Waals surface area contributed by atoms with Crippen LogP contribution >= 0.6 is 0 Å². The molecule has 1 atom stereocenters. The Balaban J connectivity index is 2.26. The lowest BCUT2D eigenvalue weighted by Crippen LogP contribution is -2.55. The van der Waals surface area contributed by atoms with Gasteiger partial charge in [-0.1, -0.05) is 13.3 Å². The highest BCUT2D eigenvalue weighted by Gasteiger charge is 2.39. The van der Waals surface area contributed by atoms with Gasteiger partial charge in [0.1, 0.15) is 17.3 Å². The average molecular weight is 193 g/mol. The fourth-order valence-electron chi connectivity index (χ4n) is 1.78. The molecule has 0 amide bonds. The number of fused-ring (bicyclic) bond motifs is 1. The Kier molecular flexibility index (Phi) is 2.03. The monoisotopic (exact) mass is 193 g/mol. The minimum Gasteiger partial charge on any atom is -0.382 e. The summed E-state index contributed by atoms with van der Waals surface area (Å²) < 4.78 is 0. The van der Waals surface area contributed by atoms with E-state index in [4.69, 9.17) is 11.5 Å². The predicted octanol–water partition coefficient (Wildman–Crippen LogP) is -0.00240. The molecule has 5 heteroatoms. The van der Waals surface area contributed by atoms with Gasteiger partial charge in [-0.05, 0) is 18.6 Å². The summed E-state index contributed by atoms with van der Waals surface area (Å²) in [7, 11) is 0. The molecule has 0 aliphatic carbocycles. The molecule has 0 radical (unpaired) electrons. The Hall–Kier alpha value is -1.36. The van der Waals surface area contributed by atoms with E-state index in [1.807, 2.05) is 6.08 Å². The number of hydrogen-bond donors (Lipinski definition) is 2. The van der Waals surface area contributed by atoms with Crippen molar-refractivity contribution in [3.8, 4) is 0 Å². The van der Waals surface area contributed by atoms with E-state index in [9.17, 15) is 0 Å². The van der Waals surface area contributed by atoms with Crippen LogP contribution in [-0.2, 0) is 0 Å². The van der Waals surface area contributed by atoms with Crippen molar-refractivity contribution in [2.75, 3.05) is 6.54 Å². The highest BCUT2D eigenvalue weighted by molar-refractivity contribution is 6.05. The van der Waals surface area contributed by atoms with Crippen molar-refractivity contribution in [3.05, 3.63) is 12.2 Å². The van der Waals surface area contributed by atoms with E-state index < -0.39 is 5.66 Å². The molecule has 2 aliphatic heterocycles. The third-order valence-electron chi connectivity index (χ3n) is 2.46. The Morgan fingerprint density at radius 2 is 2.36 bits per heavy atom. The van der Waals surface area contributed by atoms with Crippen molar-refractivity contribution in [2.45, 2.75) is 25.4 Å². The maximum atomic E-state index is 6.20. The van der Waals surface area contributed by atoms with Crippen molar-refractivity contribution in [2.24, 2.45) is 21.6 Å². The van der Waals surface area contributed by atoms with Gasteiger partial charge < -0.3 is 11.5 Å². The van der Waals surface area contributed by atoms with E-state index in [0.717, 1.165) is 18.7 Å². The van der Waals surface area contributed by atoms with Crippen LogP contribution in [0.3, 0.4) is 0 Å². The van der Waals surface area contributed by atoms with Crippen molar-refractivity contribution in [1.29, 1.82) is 0 Å². The van der Waals surface area contributed by atoms with Crippen LogP contribution in [0.5, 0.6) is 0 Å². The lowest BCUT2D eigenvalue weighted by atomic mass is 10.1. The minimum atomic E-state index is -0.473. The Bertz CT molecular complexity index is 330. The topological polar surface area (TPSA) is 80.0 Å². The molecule has 2 rings (SSSR count). The highest BCUT2D eigenvalue weighted by Crippen LogP contribution is 2.25. The van der Waals surface area contributed by atoms with Crippen LogP contribution in [0.1, 0.15) is 19.8 Å². The quantitative estimate of drug-likeness (QED) is 0.647. The van der Waals surface area contributed by atoms with E-state index >= 15 is 0 Å². The summed E-state index contributed by atoms with van der Waals surface area (Å²) in [5.74, 6) is 1.30. The van der Waals surface area contributed by atoms with Gasteiger partial charge in [-0.2, -0.15) is 5.10 Å². The molecule has 0 bridgehead atoms. The minimum absolute atomic E-state index is 0.473. The first-order valence-corrected chi connectivity index (χ1v) is 4.81. The smallest absolute Gasteiger partial charge is 0.146 e. The summed E-state index contributed by atoms with van der Waals surface area (Å²) in [6.07, 6.45) is 5.47. The molecule has 1 unspecified atom stereocenters. The molecule has 0 saturated carbocycles. The normalized spacial score (nSPS) is 30.0. The summed E-state index contributed by atoms with van der Waals surface area (Å²) >= 11 is 0. The maximum absolute atomic E-state index is 6.20. The first-order chi connectivity index (χ1) is 6.65. The third kappa shape index (κ3) is 1.29. The van der Waals surface area contributed by atoms with E-state index in [1.165, 1.54) is 0 Å². The van der Waals surface area contributed by atoms with Crippen LogP contribution in [-0.4, -0.2) is 28.9 Å². The number of hydrogen-bond acceptors (Lipinski definition) is 5. The van der Waals surface area contributed by atoms with Crippen molar-refractivity contribution in [3.63, 3.8) is 0 Å². The third-order valence-corrected chi connectivity index (χ3v) is 2.46. The molecule has 14 heavy (non-hydrogen) atoms. The molecule has 76 valence electrons. The van der Waals surface area contributed by atoms with Gasteiger partial charge in [0.05, 0.1) is 6.54 Å². The second-order valence-corrected chi connectivity index (χ2v) is 3.70. The number of amidine groups is 2. The number of hydrazone groups is 1. The molecular formula is C9H15N5. The molecule has 0 saturated heterocycles. The maximum Gasteiger partial charge on any atom is 0.146 e. The largest absolute Gasteiger partial charge is 0.382 e. The Labute approximate surface area is 83.2 Å². The molecule has 0 aromatic rings. The van der Waals surface area contributed by atoms with Gasteiger partial charge in [-0.15, -0.1) is 0 Å². The summed E-state index contributed by atoms with van der Waals surface area (Å²) in [6, 6.07) is 0. The second kappa shape index (κ2) is 3.09. The van der Waals surface area contributed by atoms with Gasteiger partial charge in [-0.25, -0.2) is 5.01 Å². The fourth-order valence-corrected chi connectivity index (χ4v) is 1.78. The average Bonchev–Trinajstić information content (AvgIpc) is 2.45. The summed E-state index contributed by atoms with van der Waals surface area (Å²) in [6.45, 7) is 2.69. The molecule has 0 aromatic carbocycles. The van der Waals surface area contributed by atoms with E-state index in [-0.39, 0.29) is 0 Å². The predicted molar refractivity (Wildman–Crippen MR) is 56.7 cm³/mol. The van der Waals surface area contributed by atoms with Gasteiger partial charge in [0.2, 0.25) is 0 Å². The standard InChI is InChI=1S/C9H15N5/c1-2-5-9(11)6-12-8-4-3-7(10)13-14(8)9/h3-4H,2,5-6,11H2,1H3,(H2,10,13). The van der Waals surface area contributed by atoms with Gasteiger partial charge in [0.25, 0.3) is 0 Å².